The molecule has 0 atom stereocenters. The Bertz CT molecular complexity index is 500. The molecule has 0 fully saturated rings. The maximum Gasteiger partial charge on any atom is 0.220 e. The van der Waals surface area contributed by atoms with Crippen LogP contribution in [0.2, 0.25) is 10.0 Å². The lowest BCUT2D eigenvalue weighted by molar-refractivity contribution is 1.12. The highest BCUT2D eigenvalue weighted by Crippen LogP contribution is 2.33. The Balaban J connectivity index is 2.67. The van der Waals surface area contributed by atoms with Crippen LogP contribution in [-0.2, 0) is 0 Å². The molecule has 0 bridgehead atoms. The van der Waals surface area contributed by atoms with Gasteiger partial charge in [-0.25, -0.2) is 9.97 Å². The van der Waals surface area contributed by atoms with E-state index < -0.39 is 0 Å². The number of hydrogen-bond donors (Lipinski definition) is 1. The second kappa shape index (κ2) is 4.28. The molecule has 2 N–H and O–H groups in total. The van der Waals surface area contributed by atoms with Gasteiger partial charge in [0.2, 0.25) is 5.95 Å². The van der Waals surface area contributed by atoms with Crippen molar-refractivity contribution in [2.24, 2.45) is 0 Å². The van der Waals surface area contributed by atoms with Gasteiger partial charge in [-0.3, -0.25) is 0 Å². The molecule has 0 unspecified atom stereocenters. The normalized spacial score (nSPS) is 10.4. The van der Waals surface area contributed by atoms with Crippen molar-refractivity contribution in [3.8, 4) is 11.3 Å². The number of hydrogen-bond acceptors (Lipinski definition) is 3. The van der Waals surface area contributed by atoms with Gasteiger partial charge in [0.25, 0.3) is 0 Å². The van der Waals surface area contributed by atoms with Crippen molar-refractivity contribution in [2.45, 2.75) is 6.92 Å². The van der Waals surface area contributed by atoms with Crippen molar-refractivity contribution >= 4 is 29.2 Å². The van der Waals surface area contributed by atoms with Crippen LogP contribution in [0.5, 0.6) is 0 Å². The summed E-state index contributed by atoms with van der Waals surface area (Å²) in [6.45, 7) is 1.84. The summed E-state index contributed by atoms with van der Waals surface area (Å²) in [6.07, 6.45) is 0. The minimum absolute atomic E-state index is 0.214. The Morgan fingerprint density at radius 3 is 2.31 bits per heavy atom. The van der Waals surface area contributed by atoms with Crippen molar-refractivity contribution < 1.29 is 0 Å². The lowest BCUT2D eigenvalue weighted by Crippen LogP contribution is -1.98. The molecule has 0 saturated heterocycles. The molecule has 2 aromatic rings. The maximum absolute atomic E-state index is 6.08. The van der Waals surface area contributed by atoms with Gasteiger partial charge in [0, 0.05) is 11.3 Å². The van der Waals surface area contributed by atoms with E-state index >= 15 is 0 Å². The fraction of sp³-hybridized carbons (Fsp3) is 0.0909. The number of anilines is 1. The van der Waals surface area contributed by atoms with E-state index in [-0.39, 0.29) is 5.95 Å². The van der Waals surface area contributed by atoms with Crippen LogP contribution in [-0.4, -0.2) is 9.97 Å². The largest absolute Gasteiger partial charge is 0.368 e. The Kier molecular flexibility index (Phi) is 2.99. The SMILES string of the molecule is Cc1cc(-c2c(Cl)cccc2Cl)nc(N)n1. The van der Waals surface area contributed by atoms with Gasteiger partial charge < -0.3 is 5.73 Å². The van der Waals surface area contributed by atoms with Gasteiger partial charge >= 0.3 is 0 Å². The smallest absolute Gasteiger partial charge is 0.220 e. The molecular weight excluding hydrogens is 245 g/mol. The maximum atomic E-state index is 6.08. The summed E-state index contributed by atoms with van der Waals surface area (Å²) < 4.78 is 0. The average Bonchev–Trinajstić information content (AvgIpc) is 2.15. The Morgan fingerprint density at radius 1 is 1.12 bits per heavy atom. The summed E-state index contributed by atoms with van der Waals surface area (Å²) >= 11 is 12.2. The minimum atomic E-state index is 0.214. The summed E-state index contributed by atoms with van der Waals surface area (Å²) in [5.74, 6) is 0.214. The summed E-state index contributed by atoms with van der Waals surface area (Å²) in [5, 5.41) is 1.09. The molecule has 16 heavy (non-hydrogen) atoms. The highest BCUT2D eigenvalue weighted by Gasteiger charge is 2.10. The van der Waals surface area contributed by atoms with E-state index in [1.54, 1.807) is 24.3 Å². The van der Waals surface area contributed by atoms with E-state index in [1.165, 1.54) is 0 Å². The van der Waals surface area contributed by atoms with Crippen LogP contribution < -0.4 is 5.73 Å². The van der Waals surface area contributed by atoms with Crippen LogP contribution in [0, 0.1) is 6.92 Å². The molecule has 0 aliphatic rings. The zero-order valence-corrected chi connectivity index (χ0v) is 10.0. The standard InChI is InChI=1S/C11H9Cl2N3/c1-6-5-9(16-11(14)15-6)10-7(12)3-2-4-8(10)13/h2-5H,1H3,(H2,14,15,16). The molecule has 0 saturated carbocycles. The molecule has 0 aliphatic carbocycles. The lowest BCUT2D eigenvalue weighted by atomic mass is 10.1. The van der Waals surface area contributed by atoms with Gasteiger partial charge in [-0.1, -0.05) is 29.3 Å². The Morgan fingerprint density at radius 2 is 1.75 bits per heavy atom. The minimum Gasteiger partial charge on any atom is -0.368 e. The van der Waals surface area contributed by atoms with Crippen molar-refractivity contribution in [1.82, 2.24) is 9.97 Å². The van der Waals surface area contributed by atoms with Gasteiger partial charge in [-0.05, 0) is 25.1 Å². The van der Waals surface area contributed by atoms with E-state index in [2.05, 4.69) is 9.97 Å². The number of benzene rings is 1. The first-order valence-corrected chi connectivity index (χ1v) is 5.39. The average molecular weight is 254 g/mol. The van der Waals surface area contributed by atoms with Crippen molar-refractivity contribution in [1.29, 1.82) is 0 Å². The van der Waals surface area contributed by atoms with Crippen molar-refractivity contribution in [3.05, 3.63) is 40.0 Å². The molecule has 0 radical (unpaired) electrons. The van der Waals surface area contributed by atoms with Gasteiger partial charge in [-0.15, -0.1) is 0 Å². The van der Waals surface area contributed by atoms with E-state index in [9.17, 15) is 0 Å². The molecule has 82 valence electrons. The van der Waals surface area contributed by atoms with Crippen LogP contribution in [0.3, 0.4) is 0 Å². The van der Waals surface area contributed by atoms with Crippen LogP contribution in [0.1, 0.15) is 5.69 Å². The lowest BCUT2D eigenvalue weighted by Gasteiger charge is -2.07. The predicted octanol–water partition coefficient (Wildman–Crippen LogP) is 3.34. The summed E-state index contributed by atoms with van der Waals surface area (Å²) in [6, 6.07) is 7.10. The third-order valence-electron chi connectivity index (χ3n) is 2.09. The quantitative estimate of drug-likeness (QED) is 0.849. The molecule has 1 aromatic heterocycles. The van der Waals surface area contributed by atoms with Crippen LogP contribution in [0.4, 0.5) is 5.95 Å². The molecule has 1 heterocycles. The fourth-order valence-corrected chi connectivity index (χ4v) is 2.05. The molecule has 2 rings (SSSR count). The molecular formula is C11H9Cl2N3. The Labute approximate surface area is 103 Å². The van der Waals surface area contributed by atoms with E-state index in [0.29, 0.717) is 21.3 Å². The number of rotatable bonds is 1. The molecule has 3 nitrogen and oxygen atoms in total. The summed E-state index contributed by atoms with van der Waals surface area (Å²) in [4.78, 5) is 8.12. The molecule has 0 amide bonds. The number of nitrogen functional groups attached to an aromatic ring is 1. The number of halogens is 2. The highest BCUT2D eigenvalue weighted by molar-refractivity contribution is 6.39. The first-order valence-electron chi connectivity index (χ1n) is 4.63. The monoisotopic (exact) mass is 253 g/mol. The third-order valence-corrected chi connectivity index (χ3v) is 2.72. The van der Waals surface area contributed by atoms with Crippen LogP contribution in [0.25, 0.3) is 11.3 Å². The zero-order chi connectivity index (χ0) is 11.7. The van der Waals surface area contributed by atoms with Gasteiger partial charge in [0.05, 0.1) is 15.7 Å². The van der Waals surface area contributed by atoms with Gasteiger partial charge in [0.1, 0.15) is 0 Å². The first kappa shape index (κ1) is 11.2. The van der Waals surface area contributed by atoms with E-state index in [4.69, 9.17) is 28.9 Å². The van der Waals surface area contributed by atoms with E-state index in [0.717, 1.165) is 5.69 Å². The number of aryl methyl sites for hydroxylation is 1. The number of nitrogens with zero attached hydrogens (tertiary/aromatic N) is 2. The van der Waals surface area contributed by atoms with Crippen molar-refractivity contribution in [3.63, 3.8) is 0 Å². The zero-order valence-electron chi connectivity index (χ0n) is 8.54. The predicted molar refractivity (Wildman–Crippen MR) is 66.6 cm³/mol. The summed E-state index contributed by atoms with van der Waals surface area (Å²) in [7, 11) is 0. The second-order valence-electron chi connectivity index (χ2n) is 3.35. The second-order valence-corrected chi connectivity index (χ2v) is 4.16. The van der Waals surface area contributed by atoms with E-state index in [1.807, 2.05) is 6.92 Å². The number of nitrogens with two attached hydrogens (primary N) is 1. The molecule has 1 aromatic carbocycles. The molecule has 0 aliphatic heterocycles. The van der Waals surface area contributed by atoms with Crippen LogP contribution in [0.15, 0.2) is 24.3 Å². The van der Waals surface area contributed by atoms with Crippen LogP contribution >= 0.6 is 23.2 Å². The first-order chi connectivity index (χ1) is 7.58. The van der Waals surface area contributed by atoms with Gasteiger partial charge in [-0.2, -0.15) is 0 Å². The summed E-state index contributed by atoms with van der Waals surface area (Å²) in [5.41, 5.74) is 7.69. The van der Waals surface area contributed by atoms with Crippen molar-refractivity contribution in [2.75, 3.05) is 5.73 Å². The number of aromatic nitrogens is 2. The fourth-order valence-electron chi connectivity index (χ4n) is 1.46. The molecule has 5 heteroatoms. The highest BCUT2D eigenvalue weighted by atomic mass is 35.5. The Hall–Kier alpha value is -1.32. The topological polar surface area (TPSA) is 51.8 Å². The third kappa shape index (κ3) is 2.10. The van der Waals surface area contributed by atoms with Gasteiger partial charge in [0.15, 0.2) is 0 Å². The molecule has 0 spiro atoms.